The molecule has 22 heavy (non-hydrogen) atoms. The van der Waals surface area contributed by atoms with Crippen LogP contribution in [0.15, 0.2) is 0 Å². The number of amides is 2. The number of carbonyl (C=O) groups excluding carboxylic acids is 1. The number of hydrogen-bond donors (Lipinski definition) is 5. The molecule has 130 valence electrons. The van der Waals surface area contributed by atoms with Crippen molar-refractivity contribution in [2.75, 3.05) is 25.6 Å². The van der Waals surface area contributed by atoms with Crippen molar-refractivity contribution in [1.29, 1.82) is 0 Å². The number of rotatable bonds is 6. The van der Waals surface area contributed by atoms with Gasteiger partial charge in [-0.15, -0.1) is 11.6 Å². The van der Waals surface area contributed by atoms with Gasteiger partial charge in [0.05, 0.1) is 6.61 Å². The summed E-state index contributed by atoms with van der Waals surface area (Å²) in [5.74, 6) is 0.310. The van der Waals surface area contributed by atoms with Gasteiger partial charge in [-0.05, 0) is 5.92 Å². The molecule has 1 unspecified atom stereocenters. The Morgan fingerprint density at radius 2 is 1.91 bits per heavy atom. The number of aliphatic hydroxyl groups excluding tert-OH is 4. The monoisotopic (exact) mass is 340 g/mol. The molecule has 1 aliphatic heterocycles. The van der Waals surface area contributed by atoms with Crippen molar-refractivity contribution in [2.24, 2.45) is 5.92 Å². The van der Waals surface area contributed by atoms with Crippen LogP contribution in [0.5, 0.6) is 0 Å². The number of ether oxygens (including phenoxy) is 1. The number of alkyl halides is 1. The molecule has 1 rings (SSSR count). The first-order valence-corrected chi connectivity index (χ1v) is 7.77. The molecule has 5 N–H and O–H groups in total. The largest absolute Gasteiger partial charge is 0.394 e. The van der Waals surface area contributed by atoms with Crippen molar-refractivity contribution in [3.63, 3.8) is 0 Å². The molecule has 1 heterocycles. The van der Waals surface area contributed by atoms with Gasteiger partial charge in [0.15, 0.2) is 6.23 Å². The highest BCUT2D eigenvalue weighted by Gasteiger charge is 2.46. The van der Waals surface area contributed by atoms with Gasteiger partial charge in [-0.2, -0.15) is 0 Å². The van der Waals surface area contributed by atoms with E-state index in [1.54, 1.807) is 0 Å². The highest BCUT2D eigenvalue weighted by atomic mass is 35.5. The van der Waals surface area contributed by atoms with Gasteiger partial charge < -0.3 is 30.5 Å². The molecule has 0 aromatic heterocycles. The third kappa shape index (κ3) is 4.68. The zero-order valence-corrected chi connectivity index (χ0v) is 13.5. The molecular weight excluding hydrogens is 316 g/mol. The minimum absolute atomic E-state index is 0.0779. The molecule has 0 aliphatic carbocycles. The van der Waals surface area contributed by atoms with Crippen LogP contribution >= 0.6 is 11.6 Å². The Hall–Kier alpha value is -0.640. The quantitative estimate of drug-likeness (QED) is 0.383. The minimum Gasteiger partial charge on any atom is -0.394 e. The molecule has 5 atom stereocenters. The van der Waals surface area contributed by atoms with Crippen LogP contribution in [0.4, 0.5) is 4.79 Å². The lowest BCUT2D eigenvalue weighted by Gasteiger charge is -2.44. The normalized spacial score (nSPS) is 32.1. The summed E-state index contributed by atoms with van der Waals surface area (Å²) in [5.41, 5.74) is 0. The second-order valence-electron chi connectivity index (χ2n) is 5.69. The fourth-order valence-electron chi connectivity index (χ4n) is 2.29. The van der Waals surface area contributed by atoms with E-state index in [2.05, 4.69) is 5.32 Å². The molecule has 1 saturated heterocycles. The molecule has 1 fully saturated rings. The van der Waals surface area contributed by atoms with Crippen LogP contribution in [0.2, 0.25) is 0 Å². The number of hydrogen-bond acceptors (Lipinski definition) is 6. The lowest BCUT2D eigenvalue weighted by atomic mass is 9.97. The summed E-state index contributed by atoms with van der Waals surface area (Å²) >= 11 is 5.54. The highest BCUT2D eigenvalue weighted by molar-refractivity contribution is 6.18. The molecule has 0 spiro atoms. The Bertz CT molecular complexity index is 357. The second-order valence-corrected chi connectivity index (χ2v) is 6.06. The van der Waals surface area contributed by atoms with Crippen molar-refractivity contribution in [2.45, 2.75) is 44.5 Å². The highest BCUT2D eigenvalue weighted by Crippen LogP contribution is 2.24. The summed E-state index contributed by atoms with van der Waals surface area (Å²) in [6.45, 7) is 3.72. The third-order valence-corrected chi connectivity index (χ3v) is 3.56. The van der Waals surface area contributed by atoms with Gasteiger partial charge in [0.1, 0.15) is 24.4 Å². The van der Waals surface area contributed by atoms with Crippen molar-refractivity contribution in [3.8, 4) is 0 Å². The van der Waals surface area contributed by atoms with Gasteiger partial charge in [0.2, 0.25) is 0 Å². The molecule has 1 aliphatic rings. The molecule has 0 aromatic carbocycles. The fraction of sp³-hybridized carbons (Fsp3) is 0.923. The van der Waals surface area contributed by atoms with Gasteiger partial charge in [-0.25, -0.2) is 4.79 Å². The Labute approximate surface area is 134 Å². The van der Waals surface area contributed by atoms with Crippen molar-refractivity contribution < 1.29 is 30.0 Å². The standard InChI is InChI=1S/C13H25ClN2O6/c1-7(2)5-16(13(21)15-4-3-14)12-11(20)10(19)9(18)8(6-17)22-12/h7-12,17-20H,3-6H2,1-2H3,(H,15,21)/t8-,9+,10+,11-,12?/m1/s1. The zero-order chi connectivity index (χ0) is 16.9. The van der Waals surface area contributed by atoms with Crippen LogP contribution < -0.4 is 5.32 Å². The molecule has 2 amide bonds. The van der Waals surface area contributed by atoms with Gasteiger partial charge in [0.25, 0.3) is 0 Å². The summed E-state index contributed by atoms with van der Waals surface area (Å²) in [6, 6.07) is -0.501. The van der Waals surface area contributed by atoms with Crippen molar-refractivity contribution in [3.05, 3.63) is 0 Å². The summed E-state index contributed by atoms with van der Waals surface area (Å²) in [4.78, 5) is 13.5. The SMILES string of the molecule is CC(C)CN(C(=O)NCCCl)C1O[C@H](CO)[C@H](O)[C@H](O)[C@H]1O. The van der Waals surface area contributed by atoms with E-state index in [0.717, 1.165) is 0 Å². The molecule has 0 radical (unpaired) electrons. The Morgan fingerprint density at radius 1 is 1.27 bits per heavy atom. The van der Waals surface area contributed by atoms with Crippen molar-refractivity contribution in [1.82, 2.24) is 10.2 Å². The van der Waals surface area contributed by atoms with E-state index in [9.17, 15) is 25.2 Å². The third-order valence-electron chi connectivity index (χ3n) is 3.37. The van der Waals surface area contributed by atoms with E-state index < -0.39 is 43.3 Å². The Morgan fingerprint density at radius 3 is 2.41 bits per heavy atom. The van der Waals surface area contributed by atoms with E-state index in [0.29, 0.717) is 0 Å². The van der Waals surface area contributed by atoms with Gasteiger partial charge in [-0.1, -0.05) is 13.8 Å². The van der Waals surface area contributed by atoms with Gasteiger partial charge in [-0.3, -0.25) is 4.90 Å². The first-order valence-electron chi connectivity index (χ1n) is 7.24. The van der Waals surface area contributed by atoms with Crippen molar-refractivity contribution >= 4 is 17.6 Å². The maximum Gasteiger partial charge on any atom is 0.319 e. The number of halogens is 1. The zero-order valence-electron chi connectivity index (χ0n) is 12.7. The summed E-state index contributed by atoms with van der Waals surface area (Å²) in [5, 5.41) is 41.5. The van der Waals surface area contributed by atoms with E-state index in [4.69, 9.17) is 16.3 Å². The Balaban J connectivity index is 2.93. The lowest BCUT2D eigenvalue weighted by molar-refractivity contribution is -0.258. The first-order chi connectivity index (χ1) is 10.3. The predicted octanol–water partition coefficient (Wildman–Crippen LogP) is -1.31. The van der Waals surface area contributed by atoms with Crippen LogP contribution in [0.1, 0.15) is 13.8 Å². The molecular formula is C13H25ClN2O6. The van der Waals surface area contributed by atoms with Crippen LogP contribution in [0, 0.1) is 5.92 Å². The molecule has 0 bridgehead atoms. The summed E-state index contributed by atoms with van der Waals surface area (Å²) in [6.07, 6.45) is -6.69. The molecule has 0 saturated carbocycles. The van der Waals surface area contributed by atoms with Crippen LogP contribution in [0.25, 0.3) is 0 Å². The number of nitrogens with zero attached hydrogens (tertiary/aromatic N) is 1. The number of aliphatic hydroxyl groups is 4. The average molecular weight is 341 g/mol. The maximum absolute atomic E-state index is 12.2. The maximum atomic E-state index is 12.2. The van der Waals surface area contributed by atoms with Crippen LogP contribution in [0.3, 0.4) is 0 Å². The Kier molecular flexibility index (Phi) is 7.81. The number of urea groups is 1. The number of carbonyl (C=O) groups is 1. The van der Waals surface area contributed by atoms with E-state index in [1.807, 2.05) is 13.8 Å². The second kappa shape index (κ2) is 8.85. The summed E-state index contributed by atoms with van der Waals surface area (Å²) < 4.78 is 5.42. The minimum atomic E-state index is -1.52. The van der Waals surface area contributed by atoms with E-state index >= 15 is 0 Å². The average Bonchev–Trinajstić information content (AvgIpc) is 2.48. The smallest absolute Gasteiger partial charge is 0.319 e. The molecule has 9 heteroatoms. The molecule has 0 aromatic rings. The predicted molar refractivity (Wildman–Crippen MR) is 79.4 cm³/mol. The lowest BCUT2D eigenvalue weighted by Crippen LogP contribution is -2.65. The number of nitrogens with one attached hydrogen (secondary N) is 1. The van der Waals surface area contributed by atoms with Crippen LogP contribution in [-0.2, 0) is 4.74 Å². The van der Waals surface area contributed by atoms with E-state index in [-0.39, 0.29) is 24.9 Å². The van der Waals surface area contributed by atoms with Crippen LogP contribution in [-0.4, -0.2) is 87.6 Å². The fourth-order valence-corrected chi connectivity index (χ4v) is 2.39. The van der Waals surface area contributed by atoms with Gasteiger partial charge >= 0.3 is 6.03 Å². The first kappa shape index (κ1) is 19.4. The van der Waals surface area contributed by atoms with E-state index in [1.165, 1.54) is 4.90 Å². The summed E-state index contributed by atoms with van der Waals surface area (Å²) in [7, 11) is 0. The molecule has 8 nitrogen and oxygen atoms in total. The topological polar surface area (TPSA) is 122 Å². The van der Waals surface area contributed by atoms with Gasteiger partial charge in [0, 0.05) is 19.0 Å².